The molecule has 0 aromatic carbocycles. The topological polar surface area (TPSA) is 75.9 Å². The Bertz CT molecular complexity index is 764. The lowest BCUT2D eigenvalue weighted by Gasteiger charge is -2.54. The van der Waals surface area contributed by atoms with E-state index in [0.717, 1.165) is 29.9 Å². The van der Waals surface area contributed by atoms with Crippen LogP contribution < -0.4 is 16.4 Å². The zero-order valence-electron chi connectivity index (χ0n) is 13.8. The Balaban J connectivity index is 1.49. The largest absolute Gasteiger partial charge is 0.381 e. The number of halogens is 1. The van der Waals surface area contributed by atoms with Gasteiger partial charge in [0.05, 0.1) is 11.9 Å². The van der Waals surface area contributed by atoms with Crippen LogP contribution in [0.1, 0.15) is 29.5 Å². The first kappa shape index (κ1) is 15.3. The van der Waals surface area contributed by atoms with Crippen LogP contribution in [0.3, 0.4) is 0 Å². The summed E-state index contributed by atoms with van der Waals surface area (Å²) in [5.41, 5.74) is 9.81. The zero-order chi connectivity index (χ0) is 16.7. The molecule has 6 heteroatoms. The minimum absolute atomic E-state index is 0.0544. The summed E-state index contributed by atoms with van der Waals surface area (Å²) < 4.78 is 14.1. The van der Waals surface area contributed by atoms with Gasteiger partial charge < -0.3 is 16.4 Å². The van der Waals surface area contributed by atoms with Gasteiger partial charge in [0.25, 0.3) is 0 Å². The number of pyridine rings is 2. The molecule has 4 rings (SSSR count). The van der Waals surface area contributed by atoms with E-state index in [9.17, 15) is 4.39 Å². The Labute approximate surface area is 140 Å². The summed E-state index contributed by atoms with van der Waals surface area (Å²) in [7, 11) is 0. The average Bonchev–Trinajstić information content (AvgIpc) is 2.48. The maximum absolute atomic E-state index is 14.1. The van der Waals surface area contributed by atoms with Crippen molar-refractivity contribution in [3.05, 3.63) is 47.2 Å². The highest BCUT2D eigenvalue weighted by Crippen LogP contribution is 2.45. The van der Waals surface area contributed by atoms with Gasteiger partial charge in [0.1, 0.15) is 0 Å². The smallest absolute Gasteiger partial charge is 0.168 e. The molecule has 0 bridgehead atoms. The molecule has 5 nitrogen and oxygen atoms in total. The van der Waals surface area contributed by atoms with Crippen molar-refractivity contribution in [2.24, 2.45) is 5.41 Å². The van der Waals surface area contributed by atoms with Crippen LogP contribution in [-0.2, 0) is 6.42 Å². The van der Waals surface area contributed by atoms with Gasteiger partial charge in [-0.1, -0.05) is 0 Å². The summed E-state index contributed by atoms with van der Waals surface area (Å²) in [6.45, 7) is 4.34. The van der Waals surface area contributed by atoms with Crippen LogP contribution in [0.2, 0.25) is 0 Å². The summed E-state index contributed by atoms with van der Waals surface area (Å²) in [6.07, 6.45) is 8.08. The summed E-state index contributed by atoms with van der Waals surface area (Å²) >= 11 is 0. The molecule has 2 aliphatic rings. The molecule has 2 fully saturated rings. The van der Waals surface area contributed by atoms with E-state index in [1.165, 1.54) is 12.8 Å². The van der Waals surface area contributed by atoms with E-state index in [2.05, 4.69) is 27.5 Å². The highest BCUT2D eigenvalue weighted by Gasteiger charge is 2.48. The van der Waals surface area contributed by atoms with Gasteiger partial charge in [-0.3, -0.25) is 4.98 Å². The number of aromatic nitrogens is 2. The van der Waals surface area contributed by atoms with Crippen LogP contribution in [0.15, 0.2) is 24.7 Å². The predicted octanol–water partition coefficient (Wildman–Crippen LogP) is 2.26. The zero-order valence-corrected chi connectivity index (χ0v) is 13.8. The number of nitrogens with zero attached hydrogens (tertiary/aromatic N) is 2. The van der Waals surface area contributed by atoms with E-state index >= 15 is 0 Å². The van der Waals surface area contributed by atoms with Crippen molar-refractivity contribution in [3.8, 4) is 0 Å². The van der Waals surface area contributed by atoms with E-state index in [1.54, 1.807) is 18.5 Å². The van der Waals surface area contributed by atoms with E-state index in [0.29, 0.717) is 23.4 Å². The second-order valence-corrected chi connectivity index (χ2v) is 7.17. The van der Waals surface area contributed by atoms with Gasteiger partial charge in [-0.25, -0.2) is 9.37 Å². The lowest BCUT2D eigenvalue weighted by molar-refractivity contribution is 0.0470. The first-order chi connectivity index (χ1) is 11.6. The Hall–Kier alpha value is -2.21. The van der Waals surface area contributed by atoms with Gasteiger partial charge in [-0.2, -0.15) is 0 Å². The molecule has 4 N–H and O–H groups in total. The number of anilines is 2. The fraction of sp³-hybridized carbons (Fsp3) is 0.444. The lowest BCUT2D eigenvalue weighted by Crippen LogP contribution is -2.63. The van der Waals surface area contributed by atoms with Crippen molar-refractivity contribution in [1.82, 2.24) is 15.3 Å². The van der Waals surface area contributed by atoms with Crippen molar-refractivity contribution < 1.29 is 4.39 Å². The van der Waals surface area contributed by atoms with Gasteiger partial charge in [0.15, 0.2) is 11.6 Å². The van der Waals surface area contributed by atoms with Gasteiger partial charge in [-0.05, 0) is 47.9 Å². The number of nitrogens with two attached hydrogens (primary N) is 1. The second kappa shape index (κ2) is 5.70. The average molecular weight is 327 g/mol. The van der Waals surface area contributed by atoms with Gasteiger partial charge in [-0.15, -0.1) is 0 Å². The molecule has 126 valence electrons. The number of hydrogen-bond acceptors (Lipinski definition) is 5. The summed E-state index contributed by atoms with van der Waals surface area (Å²) in [4.78, 5) is 8.11. The van der Waals surface area contributed by atoms with Crippen LogP contribution in [-0.4, -0.2) is 29.1 Å². The van der Waals surface area contributed by atoms with Crippen LogP contribution in [0.5, 0.6) is 0 Å². The third kappa shape index (κ3) is 2.60. The summed E-state index contributed by atoms with van der Waals surface area (Å²) in [5, 5.41) is 6.96. The van der Waals surface area contributed by atoms with Crippen LogP contribution in [0.25, 0.3) is 0 Å². The molecule has 1 saturated heterocycles. The molecule has 1 aliphatic carbocycles. The Morgan fingerprint density at radius 1 is 1.33 bits per heavy atom. The molecule has 24 heavy (non-hydrogen) atoms. The SMILES string of the molecule is Cc1c(Cc2ccnc(N)c2F)cncc1NC1CC2(CNC2)C1. The van der Waals surface area contributed by atoms with Crippen molar-refractivity contribution in [1.29, 1.82) is 0 Å². The highest BCUT2D eigenvalue weighted by atomic mass is 19.1. The lowest BCUT2D eigenvalue weighted by atomic mass is 9.61. The minimum Gasteiger partial charge on any atom is -0.381 e. The van der Waals surface area contributed by atoms with Crippen LogP contribution in [0.4, 0.5) is 15.9 Å². The number of nitrogen functional groups attached to an aromatic ring is 1. The van der Waals surface area contributed by atoms with Crippen molar-refractivity contribution in [2.75, 3.05) is 24.1 Å². The molecular weight excluding hydrogens is 305 g/mol. The monoisotopic (exact) mass is 327 g/mol. The normalized spacial score (nSPS) is 18.9. The van der Waals surface area contributed by atoms with E-state index in [1.807, 2.05) is 6.20 Å². The fourth-order valence-electron chi connectivity index (χ4n) is 3.81. The fourth-order valence-corrected chi connectivity index (χ4v) is 3.81. The van der Waals surface area contributed by atoms with Crippen LogP contribution >= 0.6 is 0 Å². The second-order valence-electron chi connectivity index (χ2n) is 7.17. The van der Waals surface area contributed by atoms with Crippen molar-refractivity contribution in [2.45, 2.75) is 32.2 Å². The summed E-state index contributed by atoms with van der Waals surface area (Å²) in [5.74, 6) is -0.491. The third-order valence-electron chi connectivity index (χ3n) is 5.42. The van der Waals surface area contributed by atoms with Gasteiger partial charge >= 0.3 is 0 Å². The van der Waals surface area contributed by atoms with Gasteiger partial charge in [0, 0.05) is 37.9 Å². The molecule has 1 spiro atoms. The minimum atomic E-state index is -0.436. The number of rotatable bonds is 4. The van der Waals surface area contributed by atoms with E-state index in [4.69, 9.17) is 5.73 Å². The quantitative estimate of drug-likeness (QED) is 0.803. The Morgan fingerprint density at radius 3 is 2.83 bits per heavy atom. The first-order valence-electron chi connectivity index (χ1n) is 8.36. The molecule has 2 aromatic heterocycles. The first-order valence-corrected chi connectivity index (χ1v) is 8.36. The Kier molecular flexibility index (Phi) is 3.64. The highest BCUT2D eigenvalue weighted by molar-refractivity contribution is 5.54. The standard InChI is InChI=1S/C18H22FN5/c1-11-13(4-12-2-3-23-17(20)16(12)19)7-21-8-15(11)24-14-5-18(6-14)9-22-10-18/h2-3,7-8,14,22,24H,4-6,9-10H2,1H3,(H2,20,23). The Morgan fingerprint density at radius 2 is 2.12 bits per heavy atom. The molecule has 2 aromatic rings. The maximum atomic E-state index is 14.1. The third-order valence-corrected chi connectivity index (χ3v) is 5.42. The molecule has 0 atom stereocenters. The molecular formula is C18H22FN5. The molecule has 0 unspecified atom stereocenters. The van der Waals surface area contributed by atoms with Crippen LogP contribution in [0, 0.1) is 18.2 Å². The molecule has 0 radical (unpaired) electrons. The molecule has 0 amide bonds. The van der Waals surface area contributed by atoms with Crippen molar-refractivity contribution in [3.63, 3.8) is 0 Å². The van der Waals surface area contributed by atoms with E-state index < -0.39 is 5.82 Å². The van der Waals surface area contributed by atoms with Gasteiger partial charge in [0.2, 0.25) is 0 Å². The molecule has 3 heterocycles. The predicted molar refractivity (Wildman–Crippen MR) is 92.3 cm³/mol. The number of nitrogens with one attached hydrogen (secondary N) is 2. The van der Waals surface area contributed by atoms with E-state index in [-0.39, 0.29) is 5.82 Å². The molecule has 1 saturated carbocycles. The number of hydrogen-bond donors (Lipinski definition) is 3. The molecule has 1 aliphatic heterocycles. The van der Waals surface area contributed by atoms with Crippen molar-refractivity contribution >= 4 is 11.5 Å². The summed E-state index contributed by atoms with van der Waals surface area (Å²) in [6, 6.07) is 2.18. The maximum Gasteiger partial charge on any atom is 0.168 e.